The lowest BCUT2D eigenvalue weighted by Crippen LogP contribution is -2.32. The number of esters is 2. The first kappa shape index (κ1) is 45.8. The number of carbonyl (C=O) groups excluding carboxylic acids is 2. The van der Waals surface area contributed by atoms with Crippen LogP contribution in [0.15, 0.2) is 0 Å². The maximum absolute atomic E-state index is 12.6. The predicted octanol–water partition coefficient (Wildman–Crippen LogP) is 10.5. The molecule has 0 N–H and O–H groups in total. The summed E-state index contributed by atoms with van der Waals surface area (Å²) >= 11 is 0. The summed E-state index contributed by atoms with van der Waals surface area (Å²) in [4.78, 5) is 30.6. The molecular formula is C39H77NO7. The van der Waals surface area contributed by atoms with Crippen LogP contribution in [0.4, 0.5) is 0 Å². The topological polar surface area (TPSA) is 83.5 Å². The second-order valence-electron chi connectivity index (χ2n) is 14.3. The van der Waals surface area contributed by atoms with Crippen molar-refractivity contribution in [3.8, 4) is 0 Å². The smallest absolute Gasteiger partial charge is 0.306 e. The number of unbranched alkanes of at least 4 members (excludes halogenated alkanes) is 20. The van der Waals surface area contributed by atoms with Crippen LogP contribution in [0.2, 0.25) is 0 Å². The highest BCUT2D eigenvalue weighted by molar-refractivity contribution is 5.70. The Kier molecular flexibility index (Phi) is 32.4. The summed E-state index contributed by atoms with van der Waals surface area (Å²) in [6.45, 7) is 11.7. The number of hydrogen-bond donors (Lipinski definition) is 0. The van der Waals surface area contributed by atoms with Crippen LogP contribution in [0.3, 0.4) is 0 Å². The summed E-state index contributed by atoms with van der Waals surface area (Å²) in [6.07, 6.45) is 27.3. The molecule has 0 aromatic rings. The average molecular weight is 672 g/mol. The molecule has 0 aliphatic carbocycles. The Bertz CT molecular complexity index is 697. The summed E-state index contributed by atoms with van der Waals surface area (Å²) in [7, 11) is 1.81. The van der Waals surface area contributed by atoms with Crippen molar-refractivity contribution in [3.63, 3.8) is 0 Å². The molecule has 280 valence electrons. The molecule has 0 saturated carbocycles. The van der Waals surface area contributed by atoms with E-state index in [9.17, 15) is 9.59 Å². The maximum Gasteiger partial charge on any atom is 0.306 e. The highest BCUT2D eigenvalue weighted by atomic mass is 16.7. The summed E-state index contributed by atoms with van der Waals surface area (Å²) in [5.74, 6) is -0.498. The van der Waals surface area contributed by atoms with Gasteiger partial charge in [0, 0.05) is 19.9 Å². The van der Waals surface area contributed by atoms with Gasteiger partial charge in [0.2, 0.25) is 0 Å². The maximum atomic E-state index is 12.6. The molecule has 47 heavy (non-hydrogen) atoms. The van der Waals surface area contributed by atoms with E-state index in [1.807, 2.05) is 20.8 Å². The molecule has 0 heterocycles. The first-order valence-corrected chi connectivity index (χ1v) is 19.6. The van der Waals surface area contributed by atoms with Crippen molar-refractivity contribution in [2.45, 2.75) is 200 Å². The number of ether oxygens (including phenoxy) is 4. The minimum Gasteiger partial charge on any atom is -0.462 e. The van der Waals surface area contributed by atoms with Gasteiger partial charge in [0.05, 0.1) is 25.4 Å². The molecule has 0 aromatic heterocycles. The van der Waals surface area contributed by atoms with Crippen molar-refractivity contribution >= 4 is 11.9 Å². The van der Waals surface area contributed by atoms with E-state index in [1.165, 1.54) is 103 Å². The Hall–Kier alpha value is -1.22. The molecule has 0 aliphatic rings. The number of carbonyl (C=O) groups is 2. The molecule has 1 unspecified atom stereocenters. The van der Waals surface area contributed by atoms with Gasteiger partial charge in [-0.05, 0) is 33.6 Å². The molecule has 0 saturated heterocycles. The monoisotopic (exact) mass is 672 g/mol. The third-order valence-corrected chi connectivity index (χ3v) is 8.22. The van der Waals surface area contributed by atoms with E-state index >= 15 is 0 Å². The average Bonchev–Trinajstić information content (AvgIpc) is 3.03. The number of rotatable bonds is 35. The third kappa shape index (κ3) is 35.9. The number of hydrogen-bond acceptors (Lipinski definition) is 8. The Morgan fingerprint density at radius 2 is 1.00 bits per heavy atom. The zero-order chi connectivity index (χ0) is 34.9. The Labute approximate surface area is 290 Å². The van der Waals surface area contributed by atoms with Crippen molar-refractivity contribution in [2.24, 2.45) is 0 Å². The Morgan fingerprint density at radius 3 is 1.45 bits per heavy atom. The van der Waals surface area contributed by atoms with Crippen LogP contribution in [-0.4, -0.2) is 68.9 Å². The van der Waals surface area contributed by atoms with Gasteiger partial charge in [0.1, 0.15) is 13.3 Å². The molecule has 8 heteroatoms. The highest BCUT2D eigenvalue weighted by Crippen LogP contribution is 2.14. The second-order valence-corrected chi connectivity index (χ2v) is 14.3. The summed E-state index contributed by atoms with van der Waals surface area (Å²) in [5, 5.41) is 1.62. The van der Waals surface area contributed by atoms with Gasteiger partial charge in [0.25, 0.3) is 0 Å². The summed E-state index contributed by atoms with van der Waals surface area (Å²) in [5.41, 5.74) is -0.247. The van der Waals surface area contributed by atoms with Crippen molar-refractivity contribution in [3.05, 3.63) is 0 Å². The van der Waals surface area contributed by atoms with Crippen LogP contribution in [0.1, 0.15) is 189 Å². The molecule has 0 fully saturated rings. The van der Waals surface area contributed by atoms with Crippen molar-refractivity contribution in [2.75, 3.05) is 40.2 Å². The van der Waals surface area contributed by atoms with E-state index in [1.54, 1.807) is 12.1 Å². The Morgan fingerprint density at radius 1 is 0.574 bits per heavy atom. The molecule has 8 nitrogen and oxygen atoms in total. The van der Waals surface area contributed by atoms with E-state index in [4.69, 9.17) is 23.8 Å². The molecule has 0 aromatic carbocycles. The van der Waals surface area contributed by atoms with Gasteiger partial charge in [-0.3, -0.25) is 14.4 Å². The molecule has 0 aliphatic heterocycles. The van der Waals surface area contributed by atoms with Crippen molar-refractivity contribution in [1.82, 2.24) is 5.06 Å². The molecule has 0 rings (SSSR count). The fraction of sp³-hybridized carbons (Fsp3) is 0.949. The SMILES string of the molecule is CCCCCCCCCCCCCC(=O)OCC(COCCON(C)COC(C)(C)C)OC(=O)CCCCCCCCCCCCC. The van der Waals surface area contributed by atoms with Crippen LogP contribution in [0.25, 0.3) is 0 Å². The zero-order valence-corrected chi connectivity index (χ0v) is 31.9. The van der Waals surface area contributed by atoms with Gasteiger partial charge in [-0.25, -0.2) is 0 Å². The van der Waals surface area contributed by atoms with E-state index in [-0.39, 0.29) is 30.8 Å². The fourth-order valence-corrected chi connectivity index (χ4v) is 5.27. The molecule has 0 bridgehead atoms. The largest absolute Gasteiger partial charge is 0.462 e. The lowest BCUT2D eigenvalue weighted by molar-refractivity contribution is -0.219. The quantitative estimate of drug-likeness (QED) is 0.0285. The van der Waals surface area contributed by atoms with E-state index in [2.05, 4.69) is 13.8 Å². The molecule has 0 radical (unpaired) electrons. The first-order chi connectivity index (χ1) is 22.7. The van der Waals surface area contributed by atoms with E-state index < -0.39 is 6.10 Å². The minimum absolute atomic E-state index is 0.0149. The number of nitrogens with zero attached hydrogens (tertiary/aromatic N) is 1. The van der Waals surface area contributed by atoms with Gasteiger partial charge in [0.15, 0.2) is 6.10 Å². The van der Waals surface area contributed by atoms with Gasteiger partial charge in [-0.15, -0.1) is 0 Å². The van der Waals surface area contributed by atoms with Crippen LogP contribution < -0.4 is 0 Å². The van der Waals surface area contributed by atoms with Gasteiger partial charge >= 0.3 is 11.9 Å². The van der Waals surface area contributed by atoms with Crippen molar-refractivity contribution < 1.29 is 33.4 Å². The zero-order valence-electron chi connectivity index (χ0n) is 31.9. The Balaban J connectivity index is 4.30. The van der Waals surface area contributed by atoms with Crippen LogP contribution in [0.5, 0.6) is 0 Å². The van der Waals surface area contributed by atoms with E-state index in [0.29, 0.717) is 32.8 Å². The molecule has 0 amide bonds. The standard InChI is InChI=1S/C39H77NO7/c1-7-9-11-13-15-17-19-21-23-25-27-29-37(41)44-34-36(33-43-31-32-46-40(6)35-45-39(3,4)5)47-38(42)30-28-26-24-22-20-18-16-14-12-10-8-2/h36H,7-35H2,1-6H3. The first-order valence-electron chi connectivity index (χ1n) is 19.6. The molecular weight excluding hydrogens is 594 g/mol. The van der Waals surface area contributed by atoms with E-state index in [0.717, 1.165) is 38.5 Å². The van der Waals surface area contributed by atoms with Crippen LogP contribution in [-0.2, 0) is 33.4 Å². The third-order valence-electron chi connectivity index (χ3n) is 8.22. The van der Waals surface area contributed by atoms with Gasteiger partial charge in [-0.1, -0.05) is 142 Å². The van der Waals surface area contributed by atoms with Gasteiger partial charge < -0.3 is 18.9 Å². The normalized spacial score (nSPS) is 12.5. The minimum atomic E-state index is -0.626. The van der Waals surface area contributed by atoms with Crippen LogP contribution in [0, 0.1) is 0 Å². The fourth-order valence-electron chi connectivity index (χ4n) is 5.27. The summed E-state index contributed by atoms with van der Waals surface area (Å²) in [6, 6.07) is 0. The lowest BCUT2D eigenvalue weighted by Gasteiger charge is -2.24. The van der Waals surface area contributed by atoms with Crippen molar-refractivity contribution in [1.29, 1.82) is 0 Å². The molecule has 0 spiro atoms. The highest BCUT2D eigenvalue weighted by Gasteiger charge is 2.18. The second kappa shape index (κ2) is 33.3. The van der Waals surface area contributed by atoms with Gasteiger partial charge in [-0.2, -0.15) is 5.06 Å². The molecule has 1 atom stereocenters. The summed E-state index contributed by atoms with van der Waals surface area (Å²) < 4.78 is 22.6. The number of hydroxylamine groups is 2. The van der Waals surface area contributed by atoms with Crippen LogP contribution >= 0.6 is 0 Å². The predicted molar refractivity (Wildman–Crippen MR) is 193 cm³/mol. The lowest BCUT2D eigenvalue weighted by atomic mass is 10.1.